The minimum atomic E-state index is -3.47. The Morgan fingerprint density at radius 1 is 0.976 bits per heavy atom. The summed E-state index contributed by atoms with van der Waals surface area (Å²) in [6.07, 6.45) is 4.83. The molecule has 3 aromatic rings. The van der Waals surface area contributed by atoms with Crippen LogP contribution < -0.4 is 15.5 Å². The number of nitrogens with zero attached hydrogens (tertiary/aromatic N) is 1. The van der Waals surface area contributed by atoms with Crippen molar-refractivity contribution in [1.82, 2.24) is 5.32 Å². The predicted molar refractivity (Wildman–Crippen MR) is 158 cm³/mol. The molecule has 0 heterocycles. The van der Waals surface area contributed by atoms with Crippen LogP contribution in [-0.4, -0.2) is 50.4 Å². The summed E-state index contributed by atoms with van der Waals surface area (Å²) in [7, 11) is -3.47. The van der Waals surface area contributed by atoms with Crippen molar-refractivity contribution in [1.29, 1.82) is 0 Å². The lowest BCUT2D eigenvalue weighted by Crippen LogP contribution is -2.35. The molecular formula is C31H34FN3O6S. The normalized spacial score (nSPS) is 14.5. The summed E-state index contributed by atoms with van der Waals surface area (Å²) in [4.78, 5) is 38.1. The van der Waals surface area contributed by atoms with Crippen molar-refractivity contribution >= 4 is 39.1 Å². The smallest absolute Gasteiger partial charge is 0.340 e. The van der Waals surface area contributed by atoms with E-state index >= 15 is 0 Å². The quantitative estimate of drug-likeness (QED) is 0.282. The van der Waals surface area contributed by atoms with Crippen LogP contribution in [0.3, 0.4) is 0 Å². The van der Waals surface area contributed by atoms with Crippen LogP contribution in [0.15, 0.2) is 77.7 Å². The highest BCUT2D eigenvalue weighted by Crippen LogP contribution is 2.33. The molecule has 1 saturated carbocycles. The van der Waals surface area contributed by atoms with Gasteiger partial charge in [-0.1, -0.05) is 49.6 Å². The lowest BCUT2D eigenvalue weighted by Gasteiger charge is -2.26. The summed E-state index contributed by atoms with van der Waals surface area (Å²) in [5.41, 5.74) is 3.09. The summed E-state index contributed by atoms with van der Waals surface area (Å²) < 4.78 is 37.4. The van der Waals surface area contributed by atoms with Gasteiger partial charge in [-0.25, -0.2) is 22.4 Å². The van der Waals surface area contributed by atoms with Crippen LogP contribution in [0.25, 0.3) is 0 Å². The number of nitrogens with one attached hydrogen (secondary N) is 2. The van der Waals surface area contributed by atoms with Gasteiger partial charge >= 0.3 is 12.0 Å². The number of benzene rings is 3. The second-order valence-electron chi connectivity index (χ2n) is 10.5. The molecule has 1 aliphatic rings. The molecule has 1 aliphatic carbocycles. The largest absolute Gasteiger partial charge is 0.479 e. The maximum absolute atomic E-state index is 13.6. The molecule has 3 aromatic carbocycles. The number of sulfone groups is 1. The SMILES string of the molecule is CS(=O)(=O)c1cccc(NC(=O)N(Cc2ccc(C(=O)NCC(F)C(=O)O)cc2)c2ccc(C3CCCCC3)cc2)c1. The molecule has 0 spiro atoms. The highest BCUT2D eigenvalue weighted by molar-refractivity contribution is 7.90. The summed E-state index contributed by atoms with van der Waals surface area (Å²) >= 11 is 0. The first-order valence-corrected chi connectivity index (χ1v) is 15.6. The first-order chi connectivity index (χ1) is 20.0. The topological polar surface area (TPSA) is 133 Å². The fourth-order valence-electron chi connectivity index (χ4n) is 4.95. The third kappa shape index (κ3) is 8.16. The van der Waals surface area contributed by atoms with Gasteiger partial charge in [-0.2, -0.15) is 0 Å². The number of rotatable bonds is 10. The third-order valence-electron chi connectivity index (χ3n) is 7.31. The van der Waals surface area contributed by atoms with Crippen LogP contribution in [0.4, 0.5) is 20.6 Å². The maximum Gasteiger partial charge on any atom is 0.340 e. The first kappa shape index (κ1) is 30.7. The van der Waals surface area contributed by atoms with E-state index in [0.29, 0.717) is 22.9 Å². The minimum absolute atomic E-state index is 0.0833. The Morgan fingerprint density at radius 2 is 1.64 bits per heavy atom. The van der Waals surface area contributed by atoms with Crippen molar-refractivity contribution in [3.05, 3.63) is 89.5 Å². The molecule has 3 N–H and O–H groups in total. The number of carboxylic acids is 1. The molecule has 0 aliphatic heterocycles. The second kappa shape index (κ2) is 13.6. The molecule has 1 unspecified atom stereocenters. The van der Waals surface area contributed by atoms with E-state index in [1.807, 2.05) is 24.3 Å². The van der Waals surface area contributed by atoms with E-state index in [4.69, 9.17) is 5.11 Å². The zero-order chi connectivity index (χ0) is 30.3. The van der Waals surface area contributed by atoms with Crippen molar-refractivity contribution in [3.8, 4) is 0 Å². The van der Waals surface area contributed by atoms with Crippen LogP contribution >= 0.6 is 0 Å². The Morgan fingerprint density at radius 3 is 2.26 bits per heavy atom. The van der Waals surface area contributed by atoms with E-state index in [1.165, 1.54) is 54.0 Å². The lowest BCUT2D eigenvalue weighted by molar-refractivity contribution is -0.142. The van der Waals surface area contributed by atoms with Crippen LogP contribution in [0.5, 0.6) is 0 Å². The van der Waals surface area contributed by atoms with Crippen molar-refractivity contribution in [3.63, 3.8) is 0 Å². The number of carbonyl (C=O) groups excluding carboxylic acids is 2. The second-order valence-corrected chi connectivity index (χ2v) is 12.5. The third-order valence-corrected chi connectivity index (χ3v) is 8.42. The molecule has 4 rings (SSSR count). The summed E-state index contributed by atoms with van der Waals surface area (Å²) in [6, 6.07) is 19.7. The molecule has 0 saturated heterocycles. The van der Waals surface area contributed by atoms with E-state index in [9.17, 15) is 27.2 Å². The Hall–Kier alpha value is -4.25. The van der Waals surface area contributed by atoms with E-state index in [1.54, 1.807) is 24.3 Å². The van der Waals surface area contributed by atoms with E-state index in [-0.39, 0.29) is 17.0 Å². The fraction of sp³-hybridized carbons (Fsp3) is 0.323. The maximum atomic E-state index is 13.6. The number of carbonyl (C=O) groups is 3. The Bertz CT molecular complexity index is 1520. The summed E-state index contributed by atoms with van der Waals surface area (Å²) in [5.74, 6) is -1.78. The number of amides is 3. The number of carboxylic acid groups (broad SMARTS) is 1. The predicted octanol–water partition coefficient (Wildman–Crippen LogP) is 5.53. The van der Waals surface area contributed by atoms with Gasteiger partial charge in [0, 0.05) is 23.2 Å². The van der Waals surface area contributed by atoms with Crippen molar-refractivity contribution < 1.29 is 32.3 Å². The van der Waals surface area contributed by atoms with Crippen LogP contribution in [0, 0.1) is 0 Å². The molecule has 1 atom stereocenters. The number of anilines is 2. The Balaban J connectivity index is 1.54. The lowest BCUT2D eigenvalue weighted by atomic mass is 9.84. The van der Waals surface area contributed by atoms with Gasteiger partial charge in [0.2, 0.25) is 6.17 Å². The van der Waals surface area contributed by atoms with Gasteiger partial charge in [0.1, 0.15) is 0 Å². The Labute approximate surface area is 244 Å². The van der Waals surface area contributed by atoms with E-state index in [2.05, 4.69) is 10.6 Å². The van der Waals surface area contributed by atoms with Gasteiger partial charge in [-0.3, -0.25) is 9.69 Å². The zero-order valence-electron chi connectivity index (χ0n) is 23.3. The summed E-state index contributed by atoms with van der Waals surface area (Å²) in [5, 5.41) is 13.7. The highest BCUT2D eigenvalue weighted by atomic mass is 32.2. The van der Waals surface area contributed by atoms with Crippen molar-refractivity contribution in [2.24, 2.45) is 0 Å². The van der Waals surface area contributed by atoms with Crippen LogP contribution in [-0.2, 0) is 21.2 Å². The van der Waals surface area contributed by atoms with E-state index < -0.39 is 40.5 Å². The van der Waals surface area contributed by atoms with Crippen LogP contribution in [0.1, 0.15) is 59.5 Å². The monoisotopic (exact) mass is 595 g/mol. The van der Waals surface area contributed by atoms with Crippen LogP contribution in [0.2, 0.25) is 0 Å². The zero-order valence-corrected chi connectivity index (χ0v) is 24.1. The molecule has 222 valence electrons. The molecule has 42 heavy (non-hydrogen) atoms. The van der Waals surface area contributed by atoms with Crippen molar-refractivity contribution in [2.45, 2.75) is 55.6 Å². The standard InChI is InChI=1S/C31H34FN3O6S/c1-42(40,41)27-9-5-8-25(18-27)34-31(39)35(26-16-14-23(15-17-26)22-6-3-2-4-7-22)20-21-10-12-24(13-11-21)29(36)33-19-28(32)30(37)38/h5,8-18,22,28H,2-4,6-7,19-20H2,1H3,(H,33,36)(H,34,39)(H,37,38). The van der Waals surface area contributed by atoms with Gasteiger partial charge in [0.05, 0.1) is 18.0 Å². The van der Waals surface area contributed by atoms with Gasteiger partial charge in [-0.15, -0.1) is 0 Å². The number of urea groups is 1. The molecule has 11 heteroatoms. The molecule has 0 aromatic heterocycles. The number of hydrogen-bond acceptors (Lipinski definition) is 5. The van der Waals surface area contributed by atoms with Gasteiger partial charge in [0.25, 0.3) is 5.91 Å². The number of alkyl halides is 1. The summed E-state index contributed by atoms with van der Waals surface area (Å²) in [6.45, 7) is -0.519. The Kier molecular flexibility index (Phi) is 9.95. The van der Waals surface area contributed by atoms with Crippen molar-refractivity contribution in [2.75, 3.05) is 23.0 Å². The number of aliphatic carboxylic acids is 1. The highest BCUT2D eigenvalue weighted by Gasteiger charge is 2.21. The molecule has 1 fully saturated rings. The molecule has 9 nitrogen and oxygen atoms in total. The molecule has 0 radical (unpaired) electrons. The van der Waals surface area contributed by atoms with Gasteiger partial charge < -0.3 is 15.7 Å². The molecular weight excluding hydrogens is 561 g/mol. The number of halogens is 1. The molecule has 3 amide bonds. The average Bonchev–Trinajstić information content (AvgIpc) is 2.99. The molecule has 0 bridgehead atoms. The fourth-order valence-corrected chi connectivity index (χ4v) is 5.62. The van der Waals surface area contributed by atoms with E-state index in [0.717, 1.165) is 19.1 Å². The van der Waals surface area contributed by atoms with Gasteiger partial charge in [-0.05, 0) is 72.4 Å². The number of hydrogen-bond donors (Lipinski definition) is 3. The van der Waals surface area contributed by atoms with Gasteiger partial charge in [0.15, 0.2) is 9.84 Å². The minimum Gasteiger partial charge on any atom is -0.479 e. The average molecular weight is 596 g/mol. The first-order valence-electron chi connectivity index (χ1n) is 13.7.